The van der Waals surface area contributed by atoms with E-state index in [0.29, 0.717) is 10.5 Å². The minimum absolute atomic E-state index is 0.0973. The van der Waals surface area contributed by atoms with Crippen LogP contribution in [0.3, 0.4) is 0 Å². The molecule has 1 fully saturated rings. The molecule has 0 bridgehead atoms. The van der Waals surface area contributed by atoms with Crippen molar-refractivity contribution in [1.82, 2.24) is 4.90 Å². The fourth-order valence-electron chi connectivity index (χ4n) is 2.19. The molecule has 0 spiro atoms. The van der Waals surface area contributed by atoms with Crippen molar-refractivity contribution in [2.75, 3.05) is 0 Å². The SMILES string of the molecule is C/C(=C1/SC(=S)N(C(CC(N)=O)C(=O)O)C1=O)c1ccc(Br)cc1. The van der Waals surface area contributed by atoms with Gasteiger partial charge in [0.05, 0.1) is 11.3 Å². The fraction of sp³-hybridized carbons (Fsp3) is 0.200. The second-order valence-corrected chi connectivity index (χ2v) is 7.59. The molecule has 0 aromatic heterocycles. The zero-order valence-corrected chi connectivity index (χ0v) is 15.7. The summed E-state index contributed by atoms with van der Waals surface area (Å²) in [5.74, 6) is -2.67. The Bertz CT molecular complexity index is 761. The summed E-state index contributed by atoms with van der Waals surface area (Å²) in [6.45, 7) is 1.76. The molecular formula is C15H13BrN2O4S2. The molecule has 0 radical (unpaired) electrons. The lowest BCUT2D eigenvalue weighted by Crippen LogP contribution is -2.46. The van der Waals surface area contributed by atoms with Crippen molar-refractivity contribution in [3.8, 4) is 0 Å². The van der Waals surface area contributed by atoms with Crippen molar-refractivity contribution in [2.45, 2.75) is 19.4 Å². The molecule has 2 amide bonds. The standard InChI is InChI=1S/C15H13BrN2O4S2/c1-7(8-2-4-9(16)5-3-8)12-13(20)18(15(23)24-12)10(14(21)22)6-11(17)19/h2-5,10H,6H2,1H3,(H2,17,19)(H,21,22)/b12-7-. The molecule has 1 heterocycles. The average Bonchev–Trinajstić information content (AvgIpc) is 2.79. The minimum atomic E-state index is -1.40. The summed E-state index contributed by atoms with van der Waals surface area (Å²) in [6.07, 6.45) is -0.494. The maximum Gasteiger partial charge on any atom is 0.327 e. The molecule has 1 aliphatic rings. The number of allylic oxidation sites excluding steroid dienone is 1. The Morgan fingerprint density at radius 3 is 2.46 bits per heavy atom. The van der Waals surface area contributed by atoms with Gasteiger partial charge < -0.3 is 10.8 Å². The van der Waals surface area contributed by atoms with Gasteiger partial charge in [0.2, 0.25) is 5.91 Å². The highest BCUT2D eigenvalue weighted by atomic mass is 79.9. The van der Waals surface area contributed by atoms with Crippen molar-refractivity contribution < 1.29 is 19.5 Å². The molecule has 1 aliphatic heterocycles. The van der Waals surface area contributed by atoms with Crippen molar-refractivity contribution >= 4 is 67.6 Å². The molecule has 126 valence electrons. The number of carboxylic acids is 1. The van der Waals surface area contributed by atoms with Crippen LogP contribution >= 0.6 is 39.9 Å². The number of thioether (sulfide) groups is 1. The first-order valence-electron chi connectivity index (χ1n) is 6.75. The number of benzene rings is 1. The van der Waals surface area contributed by atoms with Crippen LogP contribution in [0, 0.1) is 0 Å². The predicted octanol–water partition coefficient (Wildman–Crippen LogP) is 2.37. The van der Waals surface area contributed by atoms with Gasteiger partial charge in [0, 0.05) is 4.47 Å². The highest BCUT2D eigenvalue weighted by Crippen LogP contribution is 2.38. The lowest BCUT2D eigenvalue weighted by Gasteiger charge is -2.21. The number of hydrogen-bond donors (Lipinski definition) is 2. The number of amides is 2. The zero-order chi connectivity index (χ0) is 18.0. The zero-order valence-electron chi connectivity index (χ0n) is 12.5. The molecule has 2 rings (SSSR count). The van der Waals surface area contributed by atoms with E-state index >= 15 is 0 Å². The van der Waals surface area contributed by atoms with E-state index < -0.39 is 30.2 Å². The van der Waals surface area contributed by atoms with Crippen LogP contribution in [-0.4, -0.2) is 38.2 Å². The van der Waals surface area contributed by atoms with Crippen molar-refractivity contribution in [3.63, 3.8) is 0 Å². The Kier molecular flexibility index (Phi) is 5.79. The summed E-state index contributed by atoms with van der Waals surface area (Å²) >= 11 is 9.51. The van der Waals surface area contributed by atoms with E-state index in [1.807, 2.05) is 24.3 Å². The normalized spacial score (nSPS) is 17.8. The van der Waals surface area contributed by atoms with E-state index in [1.54, 1.807) is 6.92 Å². The Morgan fingerprint density at radius 2 is 1.96 bits per heavy atom. The van der Waals surface area contributed by atoms with Crippen LogP contribution < -0.4 is 5.73 Å². The summed E-state index contributed by atoms with van der Waals surface area (Å²) in [6, 6.07) is 5.96. The van der Waals surface area contributed by atoms with Gasteiger partial charge >= 0.3 is 5.97 Å². The van der Waals surface area contributed by atoms with E-state index in [2.05, 4.69) is 15.9 Å². The Labute approximate surface area is 156 Å². The molecule has 1 atom stereocenters. The van der Waals surface area contributed by atoms with Gasteiger partial charge in [0.1, 0.15) is 10.4 Å². The smallest absolute Gasteiger partial charge is 0.327 e. The monoisotopic (exact) mass is 428 g/mol. The Hall–Kier alpha value is -1.71. The highest BCUT2D eigenvalue weighted by Gasteiger charge is 2.42. The number of nitrogens with two attached hydrogens (primary N) is 1. The average molecular weight is 429 g/mol. The van der Waals surface area contributed by atoms with Crippen LogP contribution in [0.5, 0.6) is 0 Å². The summed E-state index contributed by atoms with van der Waals surface area (Å²) in [4.78, 5) is 36.5. The first kappa shape index (κ1) is 18.6. The molecule has 1 aromatic carbocycles. The molecule has 0 aliphatic carbocycles. The third kappa shape index (κ3) is 3.85. The van der Waals surface area contributed by atoms with Crippen LogP contribution in [0.1, 0.15) is 18.9 Å². The van der Waals surface area contributed by atoms with E-state index in [-0.39, 0.29) is 4.32 Å². The quantitative estimate of drug-likeness (QED) is 0.551. The number of thiocarbonyl (C=S) groups is 1. The van der Waals surface area contributed by atoms with Gasteiger partial charge in [-0.3, -0.25) is 14.5 Å². The molecule has 1 unspecified atom stereocenters. The second-order valence-electron chi connectivity index (χ2n) is 5.03. The van der Waals surface area contributed by atoms with Gasteiger partial charge in [-0.15, -0.1) is 0 Å². The van der Waals surface area contributed by atoms with E-state index in [9.17, 15) is 19.5 Å². The second kappa shape index (κ2) is 7.45. The number of carbonyl (C=O) groups excluding carboxylic acids is 2. The molecule has 0 saturated carbocycles. The van der Waals surface area contributed by atoms with Gasteiger partial charge in [0.25, 0.3) is 5.91 Å². The molecule has 1 aromatic rings. The summed E-state index contributed by atoms with van der Waals surface area (Å²) in [7, 11) is 0. The molecule has 1 saturated heterocycles. The number of nitrogens with zero attached hydrogens (tertiary/aromatic N) is 1. The lowest BCUT2D eigenvalue weighted by molar-refractivity contribution is -0.146. The number of hydrogen-bond acceptors (Lipinski definition) is 5. The highest BCUT2D eigenvalue weighted by molar-refractivity contribution is 9.10. The van der Waals surface area contributed by atoms with Crippen molar-refractivity contribution in [1.29, 1.82) is 0 Å². The fourth-order valence-corrected chi connectivity index (χ4v) is 3.85. The van der Waals surface area contributed by atoms with Crippen LogP contribution in [0.25, 0.3) is 5.57 Å². The van der Waals surface area contributed by atoms with E-state index in [0.717, 1.165) is 26.7 Å². The number of carboxylic acid groups (broad SMARTS) is 1. The third-order valence-corrected chi connectivity index (χ3v) is 5.44. The predicted molar refractivity (Wildman–Crippen MR) is 99.0 cm³/mol. The van der Waals surface area contributed by atoms with Crippen LogP contribution in [0.2, 0.25) is 0 Å². The van der Waals surface area contributed by atoms with Gasteiger partial charge in [-0.1, -0.05) is 52.0 Å². The summed E-state index contributed by atoms with van der Waals surface area (Å²) in [5.41, 5.74) is 6.59. The summed E-state index contributed by atoms with van der Waals surface area (Å²) < 4.78 is 0.999. The van der Waals surface area contributed by atoms with Crippen molar-refractivity contribution in [2.24, 2.45) is 5.73 Å². The first-order chi connectivity index (χ1) is 11.2. The minimum Gasteiger partial charge on any atom is -0.480 e. The van der Waals surface area contributed by atoms with E-state index in [1.165, 1.54) is 0 Å². The first-order valence-corrected chi connectivity index (χ1v) is 8.77. The van der Waals surface area contributed by atoms with Gasteiger partial charge in [-0.05, 0) is 30.2 Å². The van der Waals surface area contributed by atoms with Crippen LogP contribution in [0.4, 0.5) is 0 Å². The maximum atomic E-state index is 12.7. The molecule has 24 heavy (non-hydrogen) atoms. The number of carbonyl (C=O) groups is 3. The maximum absolute atomic E-state index is 12.7. The molecule has 6 nitrogen and oxygen atoms in total. The number of aliphatic carboxylic acids is 1. The topological polar surface area (TPSA) is 101 Å². The number of rotatable bonds is 5. The number of primary amides is 1. The third-order valence-electron chi connectivity index (χ3n) is 3.41. The van der Waals surface area contributed by atoms with Crippen LogP contribution in [-0.2, 0) is 14.4 Å². The van der Waals surface area contributed by atoms with Crippen molar-refractivity contribution in [3.05, 3.63) is 39.2 Å². The molecular weight excluding hydrogens is 416 g/mol. The van der Waals surface area contributed by atoms with Crippen LogP contribution in [0.15, 0.2) is 33.6 Å². The largest absolute Gasteiger partial charge is 0.480 e. The molecule has 3 N–H and O–H groups in total. The Balaban J connectivity index is 2.40. The lowest BCUT2D eigenvalue weighted by atomic mass is 10.1. The van der Waals surface area contributed by atoms with Gasteiger partial charge in [-0.25, -0.2) is 4.79 Å². The van der Waals surface area contributed by atoms with Gasteiger partial charge in [-0.2, -0.15) is 0 Å². The van der Waals surface area contributed by atoms with Gasteiger partial charge in [0.15, 0.2) is 0 Å². The number of halogens is 1. The molecule has 9 heteroatoms. The Morgan fingerprint density at radius 1 is 1.38 bits per heavy atom. The van der Waals surface area contributed by atoms with E-state index in [4.69, 9.17) is 18.0 Å². The summed E-state index contributed by atoms with van der Waals surface area (Å²) in [5, 5.41) is 9.30.